The number of hydrogen-bond donors (Lipinski definition) is 1. The molecule has 9 heteroatoms. The lowest BCUT2D eigenvalue weighted by molar-refractivity contribution is -0.384. The van der Waals surface area contributed by atoms with Crippen LogP contribution in [-0.4, -0.2) is 19.4 Å². The second-order valence-electron chi connectivity index (χ2n) is 5.33. The van der Waals surface area contributed by atoms with Crippen LogP contribution in [0.15, 0.2) is 75.6 Å². The van der Waals surface area contributed by atoms with Crippen LogP contribution in [0.5, 0.6) is 5.75 Å². The van der Waals surface area contributed by atoms with Crippen molar-refractivity contribution in [3.63, 3.8) is 0 Å². The molecule has 0 saturated carbocycles. The van der Waals surface area contributed by atoms with Crippen LogP contribution in [0.1, 0.15) is 0 Å². The molecule has 3 aromatic heterocycles. The zero-order chi connectivity index (χ0) is 18.1. The molecule has 4 aromatic rings. The Balaban J connectivity index is 1.85. The lowest BCUT2D eigenvalue weighted by Gasteiger charge is -1.98. The van der Waals surface area contributed by atoms with Crippen molar-refractivity contribution in [2.45, 2.75) is 0 Å². The van der Waals surface area contributed by atoms with Gasteiger partial charge >= 0.3 is 0 Å². The predicted molar refractivity (Wildman–Crippen MR) is 91.8 cm³/mol. The number of aromatic hydroxyl groups is 1. The summed E-state index contributed by atoms with van der Waals surface area (Å²) < 4.78 is 6.95. The zero-order valence-electron chi connectivity index (χ0n) is 13.2. The number of nitro benzene ring substituents is 1. The minimum Gasteiger partial charge on any atom is -0.504 e. The van der Waals surface area contributed by atoms with Crippen LogP contribution in [0.4, 0.5) is 17.2 Å². The van der Waals surface area contributed by atoms with E-state index in [2.05, 4.69) is 15.2 Å². The average molecular weight is 349 g/mol. The fourth-order valence-electron chi connectivity index (χ4n) is 2.49. The zero-order valence-corrected chi connectivity index (χ0v) is 13.2. The van der Waals surface area contributed by atoms with Gasteiger partial charge in [-0.3, -0.25) is 14.5 Å². The van der Waals surface area contributed by atoms with Crippen molar-refractivity contribution in [3.8, 4) is 17.2 Å². The summed E-state index contributed by atoms with van der Waals surface area (Å²) in [4.78, 5) is 14.8. The molecule has 1 N–H and O–H groups in total. The number of nitrogens with zero attached hydrogens (tertiary/aromatic N) is 5. The first-order valence-corrected chi connectivity index (χ1v) is 7.53. The van der Waals surface area contributed by atoms with Gasteiger partial charge in [-0.15, -0.1) is 10.2 Å². The number of rotatable bonds is 4. The maximum Gasteiger partial charge on any atom is 0.271 e. The molecule has 0 aliphatic rings. The first-order valence-electron chi connectivity index (χ1n) is 7.53. The third-order valence-electron chi connectivity index (χ3n) is 3.66. The molecule has 0 saturated heterocycles. The largest absolute Gasteiger partial charge is 0.504 e. The summed E-state index contributed by atoms with van der Waals surface area (Å²) in [6.07, 6.45) is 3.18. The number of pyridine rings is 1. The molecule has 0 fully saturated rings. The number of hydrogen-bond acceptors (Lipinski definition) is 7. The molecule has 0 bridgehead atoms. The van der Waals surface area contributed by atoms with Crippen molar-refractivity contribution >= 4 is 22.8 Å². The highest BCUT2D eigenvalue weighted by Gasteiger charge is 2.18. The molecule has 0 radical (unpaired) electrons. The number of fused-ring (bicyclic) bond motifs is 1. The summed E-state index contributed by atoms with van der Waals surface area (Å²) in [6.45, 7) is 0. The molecule has 0 unspecified atom stereocenters. The Morgan fingerprint density at radius 2 is 2.04 bits per heavy atom. The fourth-order valence-corrected chi connectivity index (χ4v) is 2.49. The highest BCUT2D eigenvalue weighted by atomic mass is 16.6. The van der Waals surface area contributed by atoms with E-state index in [-0.39, 0.29) is 11.4 Å². The summed E-state index contributed by atoms with van der Waals surface area (Å²) in [5, 5.41) is 29.2. The molecule has 0 aliphatic heterocycles. The van der Waals surface area contributed by atoms with Gasteiger partial charge < -0.3 is 9.52 Å². The van der Waals surface area contributed by atoms with Gasteiger partial charge in [-0.05, 0) is 30.3 Å². The summed E-state index contributed by atoms with van der Waals surface area (Å²) in [5.41, 5.74) is 0.931. The molecular formula is C17H11N5O4. The van der Waals surface area contributed by atoms with E-state index in [4.69, 9.17) is 4.42 Å². The monoisotopic (exact) mass is 349 g/mol. The lowest BCUT2D eigenvalue weighted by atomic mass is 10.3. The second-order valence-corrected chi connectivity index (χ2v) is 5.33. The predicted octanol–water partition coefficient (Wildman–Crippen LogP) is 4.62. The minimum atomic E-state index is -0.500. The topological polar surface area (TPSA) is 119 Å². The van der Waals surface area contributed by atoms with Gasteiger partial charge in [-0.1, -0.05) is 6.07 Å². The first kappa shape index (κ1) is 15.5. The number of non-ortho nitro benzene ring substituents is 1. The molecule has 26 heavy (non-hydrogen) atoms. The van der Waals surface area contributed by atoms with Crippen molar-refractivity contribution in [3.05, 3.63) is 71.1 Å². The third-order valence-corrected chi connectivity index (χ3v) is 3.66. The van der Waals surface area contributed by atoms with Crippen molar-refractivity contribution < 1.29 is 14.4 Å². The Kier molecular flexibility index (Phi) is 3.66. The van der Waals surface area contributed by atoms with E-state index < -0.39 is 4.92 Å². The smallest absolute Gasteiger partial charge is 0.271 e. The molecule has 0 amide bonds. The Hall–Kier alpha value is -4.01. The van der Waals surface area contributed by atoms with Gasteiger partial charge in [0.15, 0.2) is 28.7 Å². The van der Waals surface area contributed by atoms with Crippen LogP contribution in [-0.2, 0) is 0 Å². The quantitative estimate of drug-likeness (QED) is 0.327. The standard InChI is InChI=1S/C17H11N5O4/c23-13-6-2-8-21-16(13)18-15(14-7-3-9-26-14)17(21)20-19-11-4-1-5-12(10-11)22(24)25/h1-10,23H. The maximum atomic E-state index is 10.9. The van der Waals surface area contributed by atoms with Crippen molar-refractivity contribution in [1.29, 1.82) is 0 Å². The SMILES string of the molecule is O=[N+]([O-])c1cccc(N=Nc2c(-c3ccco3)nc3c(O)cccn23)c1. The van der Waals surface area contributed by atoms with Crippen molar-refractivity contribution in [1.82, 2.24) is 9.38 Å². The molecule has 0 aliphatic carbocycles. The minimum absolute atomic E-state index is 0.0166. The van der Waals surface area contributed by atoms with E-state index >= 15 is 0 Å². The van der Waals surface area contributed by atoms with Gasteiger partial charge in [0, 0.05) is 18.3 Å². The van der Waals surface area contributed by atoms with Crippen LogP contribution < -0.4 is 0 Å². The van der Waals surface area contributed by atoms with E-state index in [0.717, 1.165) is 0 Å². The highest BCUT2D eigenvalue weighted by molar-refractivity contribution is 5.73. The van der Waals surface area contributed by atoms with E-state index in [1.54, 1.807) is 34.9 Å². The van der Waals surface area contributed by atoms with Gasteiger partial charge in [0.05, 0.1) is 16.9 Å². The van der Waals surface area contributed by atoms with Crippen LogP contribution in [0.3, 0.4) is 0 Å². The van der Waals surface area contributed by atoms with E-state index in [9.17, 15) is 15.2 Å². The molecule has 0 spiro atoms. The first-order chi connectivity index (χ1) is 12.6. The fraction of sp³-hybridized carbons (Fsp3) is 0. The second kappa shape index (κ2) is 6.13. The van der Waals surface area contributed by atoms with E-state index in [1.807, 2.05) is 0 Å². The summed E-state index contributed by atoms with van der Waals surface area (Å²) in [6, 6.07) is 12.4. The van der Waals surface area contributed by atoms with E-state index in [1.165, 1.54) is 30.5 Å². The number of imidazole rings is 1. The van der Waals surface area contributed by atoms with Gasteiger partial charge in [0.1, 0.15) is 0 Å². The molecule has 3 heterocycles. The van der Waals surface area contributed by atoms with Crippen LogP contribution in [0, 0.1) is 10.1 Å². The molecule has 9 nitrogen and oxygen atoms in total. The van der Waals surface area contributed by atoms with Gasteiger partial charge in [0.2, 0.25) is 0 Å². The van der Waals surface area contributed by atoms with Crippen molar-refractivity contribution in [2.75, 3.05) is 0 Å². The Labute approximate surface area is 146 Å². The average Bonchev–Trinajstić information content (AvgIpc) is 3.28. The number of nitro groups is 1. The number of furan rings is 1. The van der Waals surface area contributed by atoms with Crippen LogP contribution >= 0.6 is 0 Å². The maximum absolute atomic E-state index is 10.9. The van der Waals surface area contributed by atoms with Crippen LogP contribution in [0.2, 0.25) is 0 Å². The summed E-state index contributed by atoms with van der Waals surface area (Å²) in [7, 11) is 0. The third kappa shape index (κ3) is 2.67. The molecule has 1 aromatic carbocycles. The molecule has 128 valence electrons. The van der Waals surface area contributed by atoms with E-state index in [0.29, 0.717) is 28.6 Å². The molecule has 0 atom stereocenters. The number of aromatic nitrogens is 2. The van der Waals surface area contributed by atoms with Gasteiger partial charge in [-0.25, -0.2) is 4.98 Å². The number of azo groups is 1. The van der Waals surface area contributed by atoms with Crippen LogP contribution in [0.25, 0.3) is 17.1 Å². The normalized spacial score (nSPS) is 11.4. The Morgan fingerprint density at radius 1 is 1.15 bits per heavy atom. The summed E-state index contributed by atoms with van der Waals surface area (Å²) in [5.74, 6) is 0.774. The summed E-state index contributed by atoms with van der Waals surface area (Å²) >= 11 is 0. The van der Waals surface area contributed by atoms with Gasteiger partial charge in [0.25, 0.3) is 5.69 Å². The highest BCUT2D eigenvalue weighted by Crippen LogP contribution is 2.35. The lowest BCUT2D eigenvalue weighted by Crippen LogP contribution is -1.86. The molecular weight excluding hydrogens is 338 g/mol. The van der Waals surface area contributed by atoms with Gasteiger partial charge in [-0.2, -0.15) is 0 Å². The number of benzene rings is 1. The van der Waals surface area contributed by atoms with Crippen molar-refractivity contribution in [2.24, 2.45) is 10.2 Å². The Morgan fingerprint density at radius 3 is 2.81 bits per heavy atom. The Bertz CT molecular complexity index is 1130. The molecule has 4 rings (SSSR count).